The molecule has 8 heteroatoms. The minimum absolute atomic E-state index is 0. The molecular formula is C23H39IN4O3. The Morgan fingerprint density at radius 1 is 1.19 bits per heavy atom. The van der Waals surface area contributed by atoms with E-state index < -0.39 is 0 Å². The van der Waals surface area contributed by atoms with E-state index in [-0.39, 0.29) is 36.0 Å². The highest BCUT2D eigenvalue weighted by Crippen LogP contribution is 2.26. The Hall–Kier alpha value is -1.71. The quantitative estimate of drug-likeness (QED) is 0.281. The molecule has 0 aromatic heterocycles. The average molecular weight is 546 g/mol. The van der Waals surface area contributed by atoms with Gasteiger partial charge in [-0.3, -0.25) is 9.79 Å². The van der Waals surface area contributed by atoms with E-state index in [0.717, 1.165) is 56.2 Å². The highest BCUT2D eigenvalue weighted by Gasteiger charge is 2.26. The molecule has 0 bridgehead atoms. The number of rotatable bonds is 9. The topological polar surface area (TPSA) is 75.2 Å². The first-order valence-electron chi connectivity index (χ1n) is 11.1. The van der Waals surface area contributed by atoms with E-state index in [4.69, 9.17) is 9.47 Å². The van der Waals surface area contributed by atoms with E-state index in [0.29, 0.717) is 18.5 Å². The molecule has 7 nitrogen and oxygen atoms in total. The minimum Gasteiger partial charge on any atom is -0.493 e. The smallest absolute Gasteiger partial charge is 0.225 e. The number of ether oxygens (including phenoxy) is 2. The molecular weight excluding hydrogens is 507 g/mol. The summed E-state index contributed by atoms with van der Waals surface area (Å²) in [5, 5.41) is 6.82. The van der Waals surface area contributed by atoms with Gasteiger partial charge >= 0.3 is 0 Å². The molecule has 1 aliphatic heterocycles. The monoisotopic (exact) mass is 546 g/mol. The van der Waals surface area contributed by atoms with Gasteiger partial charge in [-0.05, 0) is 44.7 Å². The molecule has 0 aliphatic carbocycles. The van der Waals surface area contributed by atoms with Gasteiger partial charge in [0.2, 0.25) is 5.91 Å². The van der Waals surface area contributed by atoms with Crippen molar-refractivity contribution in [3.05, 3.63) is 24.3 Å². The van der Waals surface area contributed by atoms with E-state index in [1.807, 2.05) is 36.1 Å². The van der Waals surface area contributed by atoms with Gasteiger partial charge in [0.1, 0.15) is 6.10 Å². The van der Waals surface area contributed by atoms with Gasteiger partial charge in [-0.1, -0.05) is 26.0 Å². The summed E-state index contributed by atoms with van der Waals surface area (Å²) in [7, 11) is 3.41. The molecule has 1 aromatic carbocycles. The number of nitrogens with zero attached hydrogens (tertiary/aromatic N) is 2. The van der Waals surface area contributed by atoms with Crippen LogP contribution in [0.2, 0.25) is 0 Å². The Bertz CT molecular complexity index is 689. The van der Waals surface area contributed by atoms with Crippen LogP contribution in [-0.4, -0.2) is 62.7 Å². The van der Waals surface area contributed by atoms with Crippen LogP contribution >= 0.6 is 24.0 Å². The van der Waals surface area contributed by atoms with E-state index in [1.54, 1.807) is 14.2 Å². The van der Waals surface area contributed by atoms with Gasteiger partial charge in [0, 0.05) is 32.1 Å². The maximum atomic E-state index is 12.6. The number of methoxy groups -OCH3 is 1. The summed E-state index contributed by atoms with van der Waals surface area (Å²) in [5.74, 6) is 2.68. The van der Waals surface area contributed by atoms with Crippen LogP contribution < -0.4 is 20.1 Å². The fourth-order valence-corrected chi connectivity index (χ4v) is 3.74. The van der Waals surface area contributed by atoms with Crippen LogP contribution in [0.15, 0.2) is 29.3 Å². The third-order valence-corrected chi connectivity index (χ3v) is 5.66. The van der Waals surface area contributed by atoms with Crippen LogP contribution in [0.4, 0.5) is 0 Å². The van der Waals surface area contributed by atoms with Crippen molar-refractivity contribution < 1.29 is 14.3 Å². The summed E-state index contributed by atoms with van der Waals surface area (Å²) in [4.78, 5) is 18.9. The Morgan fingerprint density at radius 2 is 1.81 bits per heavy atom. The minimum atomic E-state index is -0.0562. The predicted octanol–water partition coefficient (Wildman–Crippen LogP) is 3.67. The lowest BCUT2D eigenvalue weighted by Gasteiger charge is -2.35. The molecule has 31 heavy (non-hydrogen) atoms. The largest absolute Gasteiger partial charge is 0.493 e. The first-order chi connectivity index (χ1) is 14.5. The zero-order chi connectivity index (χ0) is 21.9. The molecule has 2 N–H and O–H groups in total. The van der Waals surface area contributed by atoms with E-state index >= 15 is 0 Å². The summed E-state index contributed by atoms with van der Waals surface area (Å²) < 4.78 is 11.3. The van der Waals surface area contributed by atoms with Crippen LogP contribution in [-0.2, 0) is 4.79 Å². The molecule has 1 saturated heterocycles. The van der Waals surface area contributed by atoms with Crippen molar-refractivity contribution in [3.63, 3.8) is 0 Å². The number of aliphatic imine (C=N–C) groups is 1. The number of likely N-dealkylation sites (tertiary alicyclic amines) is 1. The van der Waals surface area contributed by atoms with Gasteiger partial charge in [0.05, 0.1) is 13.7 Å². The summed E-state index contributed by atoms with van der Waals surface area (Å²) in [6.07, 6.45) is 3.64. The van der Waals surface area contributed by atoms with Crippen molar-refractivity contribution in [2.75, 3.05) is 33.8 Å². The number of guanidine groups is 1. The van der Waals surface area contributed by atoms with Crippen LogP contribution in [0, 0.1) is 5.92 Å². The van der Waals surface area contributed by atoms with Crippen molar-refractivity contribution in [3.8, 4) is 11.5 Å². The summed E-state index contributed by atoms with van der Waals surface area (Å²) in [6, 6.07) is 7.95. The van der Waals surface area contributed by atoms with E-state index in [1.165, 1.54) is 0 Å². The summed E-state index contributed by atoms with van der Waals surface area (Å²) >= 11 is 0. The number of piperidine rings is 1. The number of hydrogen-bond donors (Lipinski definition) is 2. The van der Waals surface area contributed by atoms with Crippen molar-refractivity contribution in [2.45, 2.75) is 58.6 Å². The van der Waals surface area contributed by atoms with Gasteiger partial charge in [-0.2, -0.15) is 0 Å². The van der Waals surface area contributed by atoms with Gasteiger partial charge < -0.3 is 25.0 Å². The van der Waals surface area contributed by atoms with Crippen molar-refractivity contribution in [2.24, 2.45) is 10.9 Å². The molecule has 2 rings (SSSR count). The number of amides is 1. The van der Waals surface area contributed by atoms with Gasteiger partial charge in [0.25, 0.3) is 0 Å². The number of hydrogen-bond acceptors (Lipinski definition) is 4. The Kier molecular flexibility index (Phi) is 12.7. The normalized spacial score (nSPS) is 15.8. The maximum absolute atomic E-state index is 12.6. The number of benzene rings is 1. The number of para-hydroxylation sites is 2. The zero-order valence-corrected chi connectivity index (χ0v) is 21.8. The maximum Gasteiger partial charge on any atom is 0.225 e. The zero-order valence-electron chi connectivity index (χ0n) is 19.5. The molecule has 176 valence electrons. The van der Waals surface area contributed by atoms with Gasteiger partial charge in [-0.15, -0.1) is 24.0 Å². The van der Waals surface area contributed by atoms with Crippen LogP contribution in [0.3, 0.4) is 0 Å². The highest BCUT2D eigenvalue weighted by atomic mass is 127. The SMILES string of the molecule is CCC(CC)C(=O)N1CCC(NC(=NC)NCC(C)Oc2ccccc2OC)CC1.I. The molecule has 1 fully saturated rings. The second kappa shape index (κ2) is 14.4. The Morgan fingerprint density at radius 3 is 2.35 bits per heavy atom. The van der Waals surface area contributed by atoms with Gasteiger partial charge in [-0.25, -0.2) is 0 Å². The molecule has 0 saturated carbocycles. The molecule has 1 amide bonds. The first kappa shape index (κ1) is 27.3. The van der Waals surface area contributed by atoms with Gasteiger partial charge in [0.15, 0.2) is 17.5 Å². The third kappa shape index (κ3) is 8.38. The lowest BCUT2D eigenvalue weighted by atomic mass is 9.98. The lowest BCUT2D eigenvalue weighted by molar-refractivity contribution is -0.136. The van der Waals surface area contributed by atoms with Crippen molar-refractivity contribution in [1.29, 1.82) is 0 Å². The second-order valence-electron chi connectivity index (χ2n) is 7.79. The molecule has 1 unspecified atom stereocenters. The fraction of sp³-hybridized carbons (Fsp3) is 0.652. The Labute approximate surface area is 204 Å². The van der Waals surface area contributed by atoms with Crippen LogP contribution in [0.25, 0.3) is 0 Å². The average Bonchev–Trinajstić information content (AvgIpc) is 2.78. The molecule has 1 aliphatic rings. The number of carbonyl (C=O) groups excluding carboxylic acids is 1. The number of nitrogens with one attached hydrogen (secondary N) is 2. The fourth-order valence-electron chi connectivity index (χ4n) is 3.74. The van der Waals surface area contributed by atoms with Crippen molar-refractivity contribution in [1.82, 2.24) is 15.5 Å². The van der Waals surface area contributed by atoms with Crippen molar-refractivity contribution >= 4 is 35.8 Å². The lowest BCUT2D eigenvalue weighted by Crippen LogP contribution is -2.51. The third-order valence-electron chi connectivity index (χ3n) is 5.66. The second-order valence-corrected chi connectivity index (χ2v) is 7.79. The standard InChI is InChI=1S/C23H38N4O3.HI/c1-6-18(7-2)22(28)27-14-12-19(13-15-27)26-23(24-4)25-16-17(3)30-21-11-9-8-10-20(21)29-5;/h8-11,17-19H,6-7,12-16H2,1-5H3,(H2,24,25,26);1H. The summed E-state index contributed by atoms with van der Waals surface area (Å²) in [5.41, 5.74) is 0. The van der Waals surface area contributed by atoms with Crippen LogP contribution in [0.1, 0.15) is 46.5 Å². The molecule has 0 radical (unpaired) electrons. The highest BCUT2D eigenvalue weighted by molar-refractivity contribution is 14.0. The molecule has 1 aromatic rings. The number of halogens is 1. The molecule has 1 atom stereocenters. The van der Waals surface area contributed by atoms with Crippen LogP contribution in [0.5, 0.6) is 11.5 Å². The number of carbonyl (C=O) groups is 1. The predicted molar refractivity (Wildman–Crippen MR) is 137 cm³/mol. The van der Waals surface area contributed by atoms with E-state index in [2.05, 4.69) is 29.5 Å². The molecule has 1 heterocycles. The first-order valence-corrected chi connectivity index (χ1v) is 11.1. The van der Waals surface area contributed by atoms with E-state index in [9.17, 15) is 4.79 Å². The molecule has 0 spiro atoms. The summed E-state index contributed by atoms with van der Waals surface area (Å²) in [6.45, 7) is 8.41. The Balaban J connectivity index is 0.00000480.